The molecule has 0 saturated carbocycles. The van der Waals surface area contributed by atoms with Crippen LogP contribution in [0.4, 0.5) is 0 Å². The third-order valence-electron chi connectivity index (χ3n) is 3.84. The molecule has 3 rings (SSSR count). The molecular weight excluding hydrogens is 262 g/mol. The van der Waals surface area contributed by atoms with Gasteiger partial charge in [0.15, 0.2) is 0 Å². The maximum absolute atomic E-state index is 12.3. The molecule has 1 amide bonds. The van der Waals surface area contributed by atoms with Crippen molar-refractivity contribution in [3.8, 4) is 5.75 Å². The first-order valence-corrected chi connectivity index (χ1v) is 7.26. The van der Waals surface area contributed by atoms with Gasteiger partial charge in [-0.15, -0.1) is 0 Å². The van der Waals surface area contributed by atoms with Crippen LogP contribution < -0.4 is 10.1 Å². The molecule has 3 nitrogen and oxygen atoms in total. The van der Waals surface area contributed by atoms with E-state index in [1.54, 1.807) is 0 Å². The highest BCUT2D eigenvalue weighted by molar-refractivity contribution is 5.79. The van der Waals surface area contributed by atoms with E-state index >= 15 is 0 Å². The van der Waals surface area contributed by atoms with Gasteiger partial charge in [0.25, 0.3) is 0 Å². The molecule has 108 valence electrons. The monoisotopic (exact) mass is 281 g/mol. The Kier molecular flexibility index (Phi) is 3.91. The number of aryl methyl sites for hydroxylation is 1. The molecule has 21 heavy (non-hydrogen) atoms. The number of amides is 1. The summed E-state index contributed by atoms with van der Waals surface area (Å²) in [6.45, 7) is 3.08. The van der Waals surface area contributed by atoms with Crippen molar-refractivity contribution >= 4 is 5.91 Å². The molecule has 0 bridgehead atoms. The Morgan fingerprint density at radius 2 is 1.95 bits per heavy atom. The Balaban J connectivity index is 1.58. The van der Waals surface area contributed by atoms with E-state index in [1.165, 1.54) is 5.56 Å². The van der Waals surface area contributed by atoms with Gasteiger partial charge in [0.2, 0.25) is 5.91 Å². The Labute approximate surface area is 124 Å². The summed E-state index contributed by atoms with van der Waals surface area (Å²) in [7, 11) is 0. The van der Waals surface area contributed by atoms with Crippen molar-refractivity contribution in [1.29, 1.82) is 0 Å². The van der Waals surface area contributed by atoms with E-state index in [-0.39, 0.29) is 11.8 Å². The van der Waals surface area contributed by atoms with Crippen molar-refractivity contribution in [2.75, 3.05) is 6.61 Å². The van der Waals surface area contributed by atoms with Crippen LogP contribution in [0.5, 0.6) is 5.75 Å². The lowest BCUT2D eigenvalue weighted by atomic mass is 9.96. The lowest BCUT2D eigenvalue weighted by Crippen LogP contribution is -2.37. The first-order valence-electron chi connectivity index (χ1n) is 7.26. The average Bonchev–Trinajstić information content (AvgIpc) is 2.53. The van der Waals surface area contributed by atoms with Gasteiger partial charge < -0.3 is 10.1 Å². The van der Waals surface area contributed by atoms with Crippen molar-refractivity contribution in [2.45, 2.75) is 19.9 Å². The van der Waals surface area contributed by atoms with Crippen LogP contribution in [0.3, 0.4) is 0 Å². The van der Waals surface area contributed by atoms with Crippen molar-refractivity contribution in [1.82, 2.24) is 5.32 Å². The summed E-state index contributed by atoms with van der Waals surface area (Å²) in [5.41, 5.74) is 3.45. The third kappa shape index (κ3) is 3.24. The summed E-state index contributed by atoms with van der Waals surface area (Å²) >= 11 is 0. The summed E-state index contributed by atoms with van der Waals surface area (Å²) in [4.78, 5) is 12.3. The molecule has 1 N–H and O–H groups in total. The molecule has 0 aromatic heterocycles. The van der Waals surface area contributed by atoms with E-state index in [1.807, 2.05) is 36.4 Å². The summed E-state index contributed by atoms with van der Waals surface area (Å²) in [6, 6.07) is 16.1. The molecule has 0 saturated heterocycles. The zero-order valence-electron chi connectivity index (χ0n) is 12.1. The predicted octanol–water partition coefficient (Wildman–Crippen LogP) is 2.86. The van der Waals surface area contributed by atoms with Crippen LogP contribution in [0.15, 0.2) is 48.5 Å². The summed E-state index contributed by atoms with van der Waals surface area (Å²) < 4.78 is 5.66. The molecule has 0 fully saturated rings. The standard InChI is InChI=1S/C18H19NO2/c1-13-6-8-14(9-7-13)11-19-18(20)16-10-15-4-2-3-5-17(15)21-12-16/h2-9,16H,10-12H2,1H3,(H,19,20). The number of para-hydroxylation sites is 1. The van der Waals surface area contributed by atoms with Crippen LogP contribution >= 0.6 is 0 Å². The zero-order chi connectivity index (χ0) is 14.7. The summed E-state index contributed by atoms with van der Waals surface area (Å²) in [5.74, 6) is 0.857. The van der Waals surface area contributed by atoms with E-state index in [4.69, 9.17) is 4.74 Å². The third-order valence-corrected chi connectivity index (χ3v) is 3.84. The van der Waals surface area contributed by atoms with Crippen LogP contribution in [0.1, 0.15) is 16.7 Å². The number of fused-ring (bicyclic) bond motifs is 1. The highest BCUT2D eigenvalue weighted by Crippen LogP contribution is 2.26. The molecule has 1 aliphatic heterocycles. The molecule has 3 heteroatoms. The fourth-order valence-electron chi connectivity index (χ4n) is 2.54. The zero-order valence-corrected chi connectivity index (χ0v) is 12.1. The molecule has 2 aromatic carbocycles. The largest absolute Gasteiger partial charge is 0.492 e. The van der Waals surface area contributed by atoms with Gasteiger partial charge in [-0.25, -0.2) is 0 Å². The molecule has 1 aliphatic rings. The smallest absolute Gasteiger partial charge is 0.227 e. The number of hydrogen-bond acceptors (Lipinski definition) is 2. The van der Waals surface area contributed by atoms with Gasteiger partial charge in [-0.05, 0) is 30.5 Å². The molecule has 1 atom stereocenters. The molecule has 1 unspecified atom stereocenters. The number of ether oxygens (including phenoxy) is 1. The van der Waals surface area contributed by atoms with Gasteiger partial charge >= 0.3 is 0 Å². The molecular formula is C18H19NO2. The number of carbonyl (C=O) groups excluding carboxylic acids is 1. The highest BCUT2D eigenvalue weighted by atomic mass is 16.5. The molecule has 0 spiro atoms. The van der Waals surface area contributed by atoms with Crippen molar-refractivity contribution < 1.29 is 9.53 Å². The number of nitrogens with one attached hydrogen (secondary N) is 1. The minimum Gasteiger partial charge on any atom is -0.492 e. The highest BCUT2D eigenvalue weighted by Gasteiger charge is 2.25. The number of benzene rings is 2. The van der Waals surface area contributed by atoms with Crippen molar-refractivity contribution in [2.24, 2.45) is 5.92 Å². The molecule has 0 aliphatic carbocycles. The number of carbonyl (C=O) groups is 1. The second-order valence-electron chi connectivity index (χ2n) is 5.52. The first kappa shape index (κ1) is 13.7. The minimum atomic E-state index is -0.106. The number of rotatable bonds is 3. The van der Waals surface area contributed by atoms with E-state index in [2.05, 4.69) is 24.4 Å². The second-order valence-corrected chi connectivity index (χ2v) is 5.52. The minimum absolute atomic E-state index is 0.0603. The first-order chi connectivity index (χ1) is 10.2. The van der Waals surface area contributed by atoms with Crippen LogP contribution in [-0.2, 0) is 17.8 Å². The van der Waals surface area contributed by atoms with Gasteiger partial charge in [-0.2, -0.15) is 0 Å². The average molecular weight is 281 g/mol. The summed E-state index contributed by atoms with van der Waals surface area (Å²) in [6.07, 6.45) is 0.746. The Bertz CT molecular complexity index is 634. The topological polar surface area (TPSA) is 38.3 Å². The van der Waals surface area contributed by atoms with Crippen LogP contribution in [0.25, 0.3) is 0 Å². The van der Waals surface area contributed by atoms with Gasteiger partial charge in [-0.3, -0.25) is 4.79 Å². The second kappa shape index (κ2) is 6.00. The van der Waals surface area contributed by atoms with E-state index in [9.17, 15) is 4.79 Å². The lowest BCUT2D eigenvalue weighted by Gasteiger charge is -2.24. The van der Waals surface area contributed by atoms with E-state index in [0.717, 1.165) is 23.3 Å². The maximum atomic E-state index is 12.3. The van der Waals surface area contributed by atoms with Crippen molar-refractivity contribution in [3.05, 3.63) is 65.2 Å². The summed E-state index contributed by atoms with van der Waals surface area (Å²) in [5, 5.41) is 3.00. The van der Waals surface area contributed by atoms with Crippen molar-refractivity contribution in [3.63, 3.8) is 0 Å². The predicted molar refractivity (Wildman–Crippen MR) is 82.2 cm³/mol. The molecule has 1 heterocycles. The van der Waals surface area contributed by atoms with Crippen LogP contribution in [-0.4, -0.2) is 12.5 Å². The van der Waals surface area contributed by atoms with Gasteiger partial charge in [0.05, 0.1) is 5.92 Å². The fraction of sp³-hybridized carbons (Fsp3) is 0.278. The SMILES string of the molecule is Cc1ccc(CNC(=O)C2COc3ccccc3C2)cc1. The van der Waals surface area contributed by atoms with Gasteiger partial charge in [-0.1, -0.05) is 48.0 Å². The maximum Gasteiger partial charge on any atom is 0.227 e. The van der Waals surface area contributed by atoms with E-state index < -0.39 is 0 Å². The molecule has 2 aromatic rings. The number of hydrogen-bond donors (Lipinski definition) is 1. The fourth-order valence-corrected chi connectivity index (χ4v) is 2.54. The van der Waals surface area contributed by atoms with Crippen LogP contribution in [0, 0.1) is 12.8 Å². The van der Waals surface area contributed by atoms with Gasteiger partial charge in [0.1, 0.15) is 12.4 Å². The van der Waals surface area contributed by atoms with Crippen LogP contribution in [0.2, 0.25) is 0 Å². The molecule has 0 radical (unpaired) electrons. The Hall–Kier alpha value is -2.29. The van der Waals surface area contributed by atoms with Gasteiger partial charge in [0, 0.05) is 6.54 Å². The quantitative estimate of drug-likeness (QED) is 0.939. The lowest BCUT2D eigenvalue weighted by molar-refractivity contribution is -0.126. The Morgan fingerprint density at radius 3 is 2.76 bits per heavy atom. The normalized spacial score (nSPS) is 16.7. The Morgan fingerprint density at radius 1 is 1.19 bits per heavy atom. The van der Waals surface area contributed by atoms with E-state index in [0.29, 0.717) is 13.2 Å².